The molecule has 0 radical (unpaired) electrons. The van der Waals surface area contributed by atoms with Crippen molar-refractivity contribution >= 4 is 38.3 Å². The second-order valence-electron chi connectivity index (χ2n) is 6.48. The van der Waals surface area contributed by atoms with Crippen LogP contribution in [0.25, 0.3) is 0 Å². The molecule has 0 spiro atoms. The molecular formula is C21H28LiO5P. The molecule has 28 heavy (non-hydrogen) atoms. The van der Waals surface area contributed by atoms with Crippen LogP contribution in [0, 0.1) is 0 Å². The fourth-order valence-electron chi connectivity index (χ4n) is 2.56. The number of hydrogen-bond donors (Lipinski definition) is 0. The van der Waals surface area contributed by atoms with E-state index in [1.807, 2.05) is 45.9 Å². The van der Waals surface area contributed by atoms with E-state index in [1.54, 1.807) is 32.4 Å². The van der Waals surface area contributed by atoms with Gasteiger partial charge >= 0.3 is 18.9 Å². The molecule has 0 saturated carbocycles. The van der Waals surface area contributed by atoms with Crippen LogP contribution in [-0.4, -0.2) is 50.8 Å². The molecule has 0 saturated heterocycles. The summed E-state index contributed by atoms with van der Waals surface area (Å²) in [6.07, 6.45) is 0.0448. The Kier molecular flexibility index (Phi) is 9.89. The number of carbonyl (C=O) groups is 1. The van der Waals surface area contributed by atoms with E-state index < -0.39 is 0 Å². The second kappa shape index (κ2) is 11.4. The molecule has 1 unspecified atom stereocenters. The van der Waals surface area contributed by atoms with Crippen molar-refractivity contribution < 1.29 is 23.7 Å². The van der Waals surface area contributed by atoms with Gasteiger partial charge in [-0.1, -0.05) is 6.07 Å². The van der Waals surface area contributed by atoms with Crippen LogP contribution in [0.15, 0.2) is 36.4 Å². The molecule has 0 amide bonds. The van der Waals surface area contributed by atoms with Gasteiger partial charge in [0.2, 0.25) is 0 Å². The zero-order valence-corrected chi connectivity index (χ0v) is 17.7. The molecule has 0 bridgehead atoms. The predicted molar refractivity (Wildman–Crippen MR) is 117 cm³/mol. The van der Waals surface area contributed by atoms with Gasteiger partial charge in [-0.3, -0.25) is 4.79 Å². The molecule has 0 aromatic heterocycles. The summed E-state index contributed by atoms with van der Waals surface area (Å²) in [5, 5.41) is 0.817. The third-order valence-electron chi connectivity index (χ3n) is 3.59. The van der Waals surface area contributed by atoms with Crippen LogP contribution in [0.4, 0.5) is 0 Å². The first-order valence-corrected chi connectivity index (χ1v) is 9.85. The van der Waals surface area contributed by atoms with Crippen molar-refractivity contribution in [2.45, 2.75) is 39.9 Å². The number of ether oxygens (including phenoxy) is 4. The number of hydrogen-bond acceptors (Lipinski definition) is 5. The molecule has 7 heteroatoms. The summed E-state index contributed by atoms with van der Waals surface area (Å²) in [7, 11) is 2.95. The molecular weight excluding hydrogens is 370 g/mol. The van der Waals surface area contributed by atoms with Crippen LogP contribution >= 0.6 is 8.58 Å². The summed E-state index contributed by atoms with van der Waals surface area (Å²) in [5.74, 6) is 2.37. The van der Waals surface area contributed by atoms with E-state index in [9.17, 15) is 4.79 Å². The quantitative estimate of drug-likeness (QED) is 0.475. The summed E-state index contributed by atoms with van der Waals surface area (Å²) < 4.78 is 22.4. The average molecular weight is 398 g/mol. The maximum absolute atomic E-state index is 13.0. The Hall–Kier alpha value is -1.66. The average Bonchev–Trinajstić information content (AvgIpc) is 2.62. The van der Waals surface area contributed by atoms with Gasteiger partial charge < -0.3 is 18.9 Å². The van der Waals surface area contributed by atoms with Crippen LogP contribution in [0.2, 0.25) is 0 Å². The van der Waals surface area contributed by atoms with Crippen LogP contribution in [-0.2, 0) is 0 Å². The Morgan fingerprint density at radius 1 is 0.857 bits per heavy atom. The number of methoxy groups -OCH3 is 2. The van der Waals surface area contributed by atoms with Gasteiger partial charge in [0.25, 0.3) is 0 Å². The monoisotopic (exact) mass is 398 g/mol. The second-order valence-corrected chi connectivity index (χ2v) is 7.73. The van der Waals surface area contributed by atoms with E-state index in [-0.39, 0.29) is 45.2 Å². The minimum absolute atomic E-state index is 0. The topological polar surface area (TPSA) is 54.0 Å². The van der Waals surface area contributed by atoms with E-state index in [2.05, 4.69) is 0 Å². The van der Waals surface area contributed by atoms with Gasteiger partial charge in [-0.2, -0.15) is 0 Å². The number of rotatable bonds is 9. The maximum atomic E-state index is 13.0. The summed E-state index contributed by atoms with van der Waals surface area (Å²) in [4.78, 5) is 13.0. The van der Waals surface area contributed by atoms with Crippen LogP contribution in [0.5, 0.6) is 23.0 Å². The van der Waals surface area contributed by atoms with Crippen LogP contribution in [0.1, 0.15) is 38.1 Å². The van der Waals surface area contributed by atoms with Gasteiger partial charge in [-0.05, 0) is 60.5 Å². The van der Waals surface area contributed by atoms with Crippen molar-refractivity contribution in [1.29, 1.82) is 0 Å². The zero-order valence-electron chi connectivity index (χ0n) is 16.7. The van der Waals surface area contributed by atoms with Crippen molar-refractivity contribution in [2.24, 2.45) is 0 Å². The fourth-order valence-corrected chi connectivity index (χ4v) is 3.60. The fraction of sp³-hybridized carbons (Fsp3) is 0.381. The van der Waals surface area contributed by atoms with Gasteiger partial charge in [0.1, 0.15) is 28.6 Å². The molecule has 0 N–H and O–H groups in total. The summed E-state index contributed by atoms with van der Waals surface area (Å²) in [6.45, 7) is 7.84. The molecule has 0 aliphatic rings. The molecule has 0 aliphatic heterocycles. The van der Waals surface area contributed by atoms with Crippen molar-refractivity contribution in [1.82, 2.24) is 0 Å². The summed E-state index contributed by atoms with van der Waals surface area (Å²) >= 11 is 0. The molecule has 148 valence electrons. The van der Waals surface area contributed by atoms with Crippen LogP contribution < -0.4 is 24.3 Å². The molecule has 0 aliphatic carbocycles. The van der Waals surface area contributed by atoms with Crippen molar-refractivity contribution in [2.75, 3.05) is 14.2 Å². The van der Waals surface area contributed by atoms with Gasteiger partial charge in [-0.15, -0.1) is 0 Å². The van der Waals surface area contributed by atoms with Crippen molar-refractivity contribution in [3.8, 4) is 23.0 Å². The number of benzene rings is 2. The third kappa shape index (κ3) is 6.45. The Bertz CT molecular complexity index is 770. The standard InChI is InChI=1S/C21H27O5P.Li.H/c1-13(2)25-15-10-11-19(18(12-15)26-14(3)4)27-21(22)20-16(23-5)8-7-9-17(20)24-6;;/h7-14,27H,1-6H3;;. The molecule has 1 atom stereocenters. The first-order chi connectivity index (χ1) is 12.8. The van der Waals surface area contributed by atoms with E-state index >= 15 is 0 Å². The van der Waals surface area contributed by atoms with Crippen LogP contribution in [0.3, 0.4) is 0 Å². The van der Waals surface area contributed by atoms with Gasteiger partial charge in [0, 0.05) is 11.4 Å². The third-order valence-corrected chi connectivity index (χ3v) is 4.75. The predicted octanol–water partition coefficient (Wildman–Crippen LogP) is 3.77. The van der Waals surface area contributed by atoms with Crippen molar-refractivity contribution in [3.63, 3.8) is 0 Å². The van der Waals surface area contributed by atoms with E-state index in [0.717, 1.165) is 11.1 Å². The van der Waals surface area contributed by atoms with Gasteiger partial charge in [0.05, 0.1) is 26.4 Å². The van der Waals surface area contributed by atoms with Crippen molar-refractivity contribution in [3.05, 3.63) is 42.0 Å². The Balaban J connectivity index is 0.00000392. The first kappa shape index (κ1) is 24.4. The summed E-state index contributed by atoms with van der Waals surface area (Å²) in [5.41, 5.74) is 0.370. The molecule has 2 rings (SSSR count). The molecule has 2 aromatic carbocycles. The molecule has 0 heterocycles. The van der Waals surface area contributed by atoms with E-state index in [0.29, 0.717) is 22.8 Å². The molecule has 0 fully saturated rings. The SMILES string of the molecule is COc1cccc(OC)c1C(=O)Pc1ccc(OC(C)C)cc1OC(C)C.[LiH]. The normalized spacial score (nSPS) is 10.9. The molecule has 5 nitrogen and oxygen atoms in total. The zero-order chi connectivity index (χ0) is 20.0. The first-order valence-electron chi connectivity index (χ1n) is 8.85. The molecule has 2 aromatic rings. The van der Waals surface area contributed by atoms with E-state index in [1.165, 1.54) is 0 Å². The van der Waals surface area contributed by atoms with Gasteiger partial charge in [0.15, 0.2) is 5.52 Å². The van der Waals surface area contributed by atoms with E-state index in [4.69, 9.17) is 18.9 Å². The minimum atomic E-state index is -0.134. The Morgan fingerprint density at radius 2 is 1.43 bits per heavy atom. The Morgan fingerprint density at radius 3 is 1.93 bits per heavy atom. The van der Waals surface area contributed by atoms with Gasteiger partial charge in [-0.25, -0.2) is 0 Å². The number of carbonyl (C=O) groups excluding carboxylic acids is 1. The Labute approximate surface area is 181 Å². The summed E-state index contributed by atoms with van der Waals surface area (Å²) in [6, 6.07) is 10.9.